The minimum Gasteiger partial charge on any atom is -0.351 e. The number of pyridine rings is 1. The van der Waals surface area contributed by atoms with Crippen molar-refractivity contribution < 1.29 is 0 Å². The monoisotopic (exact) mass is 427 g/mol. The maximum atomic E-state index is 4.62. The van der Waals surface area contributed by atoms with Gasteiger partial charge in [-0.1, -0.05) is 19.9 Å². The van der Waals surface area contributed by atoms with E-state index in [4.69, 9.17) is 0 Å². The molecule has 6 heteroatoms. The van der Waals surface area contributed by atoms with Gasteiger partial charge in [0.15, 0.2) is 5.96 Å². The number of imidazole rings is 1. The molecule has 126 valence electrons. The van der Waals surface area contributed by atoms with Gasteiger partial charge in [-0.3, -0.25) is 4.99 Å². The molecule has 5 nitrogen and oxygen atoms in total. The largest absolute Gasteiger partial charge is 0.351 e. The van der Waals surface area contributed by atoms with E-state index in [1.165, 1.54) is 6.42 Å². The summed E-state index contributed by atoms with van der Waals surface area (Å²) in [5, 5.41) is 3.46. The lowest BCUT2D eigenvalue weighted by atomic mass is 9.92. The molecule has 1 N–H and O–H groups in total. The Labute approximate surface area is 155 Å². The van der Waals surface area contributed by atoms with Gasteiger partial charge in [-0.05, 0) is 30.4 Å². The third kappa shape index (κ3) is 4.37. The predicted molar refractivity (Wildman–Crippen MR) is 105 cm³/mol. The molecule has 2 unspecified atom stereocenters. The van der Waals surface area contributed by atoms with Crippen LogP contribution in [0.2, 0.25) is 0 Å². The van der Waals surface area contributed by atoms with Gasteiger partial charge in [0.1, 0.15) is 5.65 Å². The third-order valence-electron chi connectivity index (χ3n) is 4.22. The molecule has 2 atom stereocenters. The summed E-state index contributed by atoms with van der Waals surface area (Å²) in [5.74, 6) is 2.42. The number of hydrogen-bond acceptors (Lipinski definition) is 2. The van der Waals surface area contributed by atoms with Gasteiger partial charge in [0.25, 0.3) is 0 Å². The predicted octanol–water partition coefficient (Wildman–Crippen LogP) is 3.01. The van der Waals surface area contributed by atoms with Gasteiger partial charge in [0.2, 0.25) is 0 Å². The first kappa shape index (κ1) is 18.0. The lowest BCUT2D eigenvalue weighted by Gasteiger charge is -2.37. The highest BCUT2D eigenvalue weighted by Crippen LogP contribution is 2.20. The number of guanidine groups is 1. The fourth-order valence-electron chi connectivity index (χ4n) is 3.41. The number of nitrogens with zero attached hydrogens (tertiary/aromatic N) is 4. The first-order valence-corrected chi connectivity index (χ1v) is 8.04. The minimum atomic E-state index is 0. The van der Waals surface area contributed by atoms with Crippen LogP contribution in [-0.4, -0.2) is 40.4 Å². The fraction of sp³-hybridized carbons (Fsp3) is 0.529. The average Bonchev–Trinajstić information content (AvgIpc) is 2.89. The smallest absolute Gasteiger partial charge is 0.193 e. The summed E-state index contributed by atoms with van der Waals surface area (Å²) < 4.78 is 2.05. The Bertz CT molecular complexity index is 623. The Morgan fingerprint density at radius 3 is 2.70 bits per heavy atom. The van der Waals surface area contributed by atoms with Gasteiger partial charge < -0.3 is 14.6 Å². The molecule has 0 radical (unpaired) electrons. The number of aromatic nitrogens is 2. The molecule has 0 spiro atoms. The lowest BCUT2D eigenvalue weighted by molar-refractivity contribution is 0.208. The van der Waals surface area contributed by atoms with Crippen LogP contribution in [0.15, 0.2) is 35.6 Å². The first-order chi connectivity index (χ1) is 10.7. The van der Waals surface area contributed by atoms with E-state index in [1.807, 2.05) is 35.8 Å². The van der Waals surface area contributed by atoms with E-state index in [0.29, 0.717) is 6.54 Å². The molecule has 2 aromatic rings. The van der Waals surface area contributed by atoms with E-state index < -0.39 is 0 Å². The Hall–Kier alpha value is -1.31. The van der Waals surface area contributed by atoms with E-state index in [9.17, 15) is 0 Å². The van der Waals surface area contributed by atoms with Crippen LogP contribution >= 0.6 is 24.0 Å². The van der Waals surface area contributed by atoms with Crippen molar-refractivity contribution in [1.82, 2.24) is 19.6 Å². The van der Waals surface area contributed by atoms with Gasteiger partial charge in [-0.15, -0.1) is 24.0 Å². The Morgan fingerprint density at radius 1 is 1.30 bits per heavy atom. The van der Waals surface area contributed by atoms with Crippen LogP contribution in [0, 0.1) is 11.8 Å². The van der Waals surface area contributed by atoms with E-state index in [2.05, 4.69) is 40.2 Å². The molecule has 0 saturated carbocycles. The standard InChI is InChI=1S/C17H25N5.HI/c1-13-8-14(2)11-22(10-13)17(18-3)19-9-15-12-21-7-5-4-6-16(21)20-15;/h4-7,12-14H,8-11H2,1-3H3,(H,18,19);1H. The fourth-order valence-corrected chi connectivity index (χ4v) is 3.41. The van der Waals surface area contributed by atoms with Crippen LogP contribution in [0.3, 0.4) is 0 Å². The second kappa shape index (κ2) is 7.99. The summed E-state index contributed by atoms with van der Waals surface area (Å²) in [6.07, 6.45) is 5.39. The number of halogens is 1. The Morgan fingerprint density at radius 2 is 2.04 bits per heavy atom. The van der Waals surface area contributed by atoms with Crippen molar-refractivity contribution in [2.75, 3.05) is 20.1 Å². The normalized spacial score (nSPS) is 22.0. The number of aliphatic imine (C=N–C) groups is 1. The third-order valence-corrected chi connectivity index (χ3v) is 4.22. The molecule has 0 aromatic carbocycles. The average molecular weight is 427 g/mol. The molecule has 1 saturated heterocycles. The zero-order valence-electron chi connectivity index (χ0n) is 14.1. The maximum absolute atomic E-state index is 4.62. The van der Waals surface area contributed by atoms with Crippen LogP contribution in [0.1, 0.15) is 26.0 Å². The van der Waals surface area contributed by atoms with Crippen molar-refractivity contribution in [3.63, 3.8) is 0 Å². The van der Waals surface area contributed by atoms with Crippen molar-refractivity contribution >= 4 is 35.6 Å². The summed E-state index contributed by atoms with van der Waals surface area (Å²) >= 11 is 0. The second-order valence-electron chi connectivity index (χ2n) is 6.45. The molecule has 0 bridgehead atoms. The van der Waals surface area contributed by atoms with Crippen molar-refractivity contribution in [2.24, 2.45) is 16.8 Å². The topological polar surface area (TPSA) is 44.9 Å². The van der Waals surface area contributed by atoms with E-state index >= 15 is 0 Å². The van der Waals surface area contributed by atoms with Gasteiger partial charge >= 0.3 is 0 Å². The van der Waals surface area contributed by atoms with Crippen LogP contribution in [0.4, 0.5) is 0 Å². The highest BCUT2D eigenvalue weighted by molar-refractivity contribution is 14.0. The molecule has 3 heterocycles. The molecule has 23 heavy (non-hydrogen) atoms. The molecule has 1 aliphatic rings. The summed E-state index contributed by atoms with van der Waals surface area (Å²) in [4.78, 5) is 11.4. The van der Waals surface area contributed by atoms with Gasteiger partial charge in [0, 0.05) is 32.5 Å². The van der Waals surface area contributed by atoms with Crippen LogP contribution in [-0.2, 0) is 6.54 Å². The Balaban J connectivity index is 0.00000192. The molecule has 0 aliphatic carbocycles. The molecular formula is C17H26IN5. The quantitative estimate of drug-likeness (QED) is 0.456. The van der Waals surface area contributed by atoms with Gasteiger partial charge in [-0.25, -0.2) is 4.98 Å². The summed E-state index contributed by atoms with van der Waals surface area (Å²) in [6, 6.07) is 6.04. The highest BCUT2D eigenvalue weighted by Gasteiger charge is 2.23. The van der Waals surface area contributed by atoms with Crippen LogP contribution in [0.25, 0.3) is 5.65 Å². The van der Waals surface area contributed by atoms with Crippen LogP contribution < -0.4 is 5.32 Å². The SMILES string of the molecule is CN=C(NCc1cn2ccccc2n1)N1CC(C)CC(C)C1.I. The number of fused-ring (bicyclic) bond motifs is 1. The van der Waals surface area contributed by atoms with Gasteiger partial charge in [0.05, 0.1) is 12.2 Å². The van der Waals surface area contributed by atoms with E-state index in [-0.39, 0.29) is 24.0 Å². The first-order valence-electron chi connectivity index (χ1n) is 8.04. The maximum Gasteiger partial charge on any atom is 0.193 e. The molecular weight excluding hydrogens is 401 g/mol. The van der Waals surface area contributed by atoms with Gasteiger partial charge in [-0.2, -0.15) is 0 Å². The Kier molecular flexibility index (Phi) is 6.26. The number of rotatable bonds is 2. The number of hydrogen-bond donors (Lipinski definition) is 1. The molecule has 3 rings (SSSR count). The summed E-state index contributed by atoms with van der Waals surface area (Å²) in [5.41, 5.74) is 2.01. The second-order valence-corrected chi connectivity index (χ2v) is 6.45. The number of piperidine rings is 1. The molecule has 2 aromatic heterocycles. The van der Waals surface area contributed by atoms with E-state index in [0.717, 1.165) is 42.2 Å². The zero-order chi connectivity index (χ0) is 15.5. The highest BCUT2D eigenvalue weighted by atomic mass is 127. The number of nitrogens with one attached hydrogen (secondary N) is 1. The van der Waals surface area contributed by atoms with Crippen molar-refractivity contribution in [2.45, 2.75) is 26.8 Å². The molecule has 1 aliphatic heterocycles. The van der Waals surface area contributed by atoms with Crippen molar-refractivity contribution in [1.29, 1.82) is 0 Å². The lowest BCUT2D eigenvalue weighted by Crippen LogP contribution is -2.48. The van der Waals surface area contributed by atoms with Crippen molar-refractivity contribution in [3.8, 4) is 0 Å². The zero-order valence-corrected chi connectivity index (χ0v) is 16.4. The van der Waals surface area contributed by atoms with Crippen molar-refractivity contribution in [3.05, 3.63) is 36.3 Å². The number of likely N-dealkylation sites (tertiary alicyclic amines) is 1. The summed E-state index contributed by atoms with van der Waals surface area (Å²) in [7, 11) is 1.86. The minimum absolute atomic E-state index is 0. The molecule has 0 amide bonds. The summed E-state index contributed by atoms with van der Waals surface area (Å²) in [6.45, 7) is 7.49. The molecule has 1 fully saturated rings. The van der Waals surface area contributed by atoms with Crippen LogP contribution in [0.5, 0.6) is 0 Å². The van der Waals surface area contributed by atoms with E-state index in [1.54, 1.807) is 0 Å².